The van der Waals surface area contributed by atoms with Crippen LogP contribution in [0.5, 0.6) is 0 Å². The minimum Gasteiger partial charge on any atom is -0.381 e. The molecule has 0 spiro atoms. The summed E-state index contributed by atoms with van der Waals surface area (Å²) in [5, 5.41) is 6.42. The van der Waals surface area contributed by atoms with E-state index in [4.69, 9.17) is 9.47 Å². The van der Waals surface area contributed by atoms with Gasteiger partial charge in [-0.3, -0.25) is 4.99 Å². The highest BCUT2D eigenvalue weighted by Gasteiger charge is 2.13. The first-order chi connectivity index (χ1) is 10.9. The van der Waals surface area contributed by atoms with Crippen molar-refractivity contribution in [1.82, 2.24) is 10.6 Å². The molecular formula is C15H31N3O4S. The lowest BCUT2D eigenvalue weighted by Gasteiger charge is -2.22. The van der Waals surface area contributed by atoms with Crippen molar-refractivity contribution >= 4 is 15.8 Å². The molecule has 0 saturated carbocycles. The number of nitrogens with one attached hydrogen (secondary N) is 2. The van der Waals surface area contributed by atoms with Crippen LogP contribution in [0.4, 0.5) is 0 Å². The molecule has 1 unspecified atom stereocenters. The van der Waals surface area contributed by atoms with Gasteiger partial charge in [0.1, 0.15) is 9.84 Å². The van der Waals surface area contributed by atoms with Crippen molar-refractivity contribution in [1.29, 1.82) is 0 Å². The maximum atomic E-state index is 11.2. The Morgan fingerprint density at radius 1 is 1.39 bits per heavy atom. The van der Waals surface area contributed by atoms with Crippen molar-refractivity contribution in [2.45, 2.75) is 44.8 Å². The molecule has 136 valence electrons. The van der Waals surface area contributed by atoms with E-state index in [0.29, 0.717) is 18.5 Å². The standard InChI is InChI=1S/C15H31N3O4S/c1-13(7-12-23(3,19)20)18-15(16-2)17-8-4-9-22-14-5-10-21-11-6-14/h13-14H,4-12H2,1-3H3,(H2,16,17,18). The molecule has 0 amide bonds. The number of nitrogens with zero attached hydrogens (tertiary/aromatic N) is 1. The molecule has 2 N–H and O–H groups in total. The van der Waals surface area contributed by atoms with Crippen molar-refractivity contribution in [3.8, 4) is 0 Å². The lowest BCUT2D eigenvalue weighted by Crippen LogP contribution is -2.43. The Kier molecular flexibility index (Phi) is 9.50. The SMILES string of the molecule is CN=C(NCCCOC1CCOCC1)NC(C)CCS(C)(=O)=O. The number of guanidine groups is 1. The smallest absolute Gasteiger partial charge is 0.191 e. The van der Waals surface area contributed by atoms with Crippen LogP contribution in [0.3, 0.4) is 0 Å². The van der Waals surface area contributed by atoms with Gasteiger partial charge in [0.15, 0.2) is 5.96 Å². The fourth-order valence-corrected chi connectivity index (χ4v) is 3.04. The lowest BCUT2D eigenvalue weighted by molar-refractivity contribution is -0.0320. The highest BCUT2D eigenvalue weighted by atomic mass is 32.2. The second kappa shape index (κ2) is 10.8. The average Bonchev–Trinajstić information content (AvgIpc) is 2.52. The molecule has 1 heterocycles. The van der Waals surface area contributed by atoms with Crippen molar-refractivity contribution < 1.29 is 17.9 Å². The predicted molar refractivity (Wildman–Crippen MR) is 92.7 cm³/mol. The van der Waals surface area contributed by atoms with Crippen LogP contribution in [0, 0.1) is 0 Å². The van der Waals surface area contributed by atoms with E-state index in [1.807, 2.05) is 6.92 Å². The van der Waals surface area contributed by atoms with E-state index in [1.165, 1.54) is 6.26 Å². The third-order valence-corrected chi connectivity index (χ3v) is 4.64. The van der Waals surface area contributed by atoms with Gasteiger partial charge < -0.3 is 20.1 Å². The van der Waals surface area contributed by atoms with Crippen molar-refractivity contribution in [2.75, 3.05) is 45.4 Å². The Hall–Kier alpha value is -0.860. The Balaban J connectivity index is 2.11. The van der Waals surface area contributed by atoms with E-state index in [2.05, 4.69) is 15.6 Å². The molecule has 1 aliphatic heterocycles. The molecule has 0 aromatic carbocycles. The summed E-state index contributed by atoms with van der Waals surface area (Å²) in [4.78, 5) is 4.15. The molecule has 1 rings (SSSR count). The summed E-state index contributed by atoms with van der Waals surface area (Å²) in [5.41, 5.74) is 0. The van der Waals surface area contributed by atoms with Crippen LogP contribution in [0.2, 0.25) is 0 Å². The Labute approximate surface area is 140 Å². The molecule has 0 aromatic rings. The first-order valence-corrected chi connectivity index (χ1v) is 10.3. The van der Waals surface area contributed by atoms with Gasteiger partial charge in [-0.25, -0.2) is 8.42 Å². The van der Waals surface area contributed by atoms with E-state index in [0.717, 1.165) is 45.6 Å². The second-order valence-electron chi connectivity index (χ2n) is 6.00. The van der Waals surface area contributed by atoms with Crippen LogP contribution in [0.25, 0.3) is 0 Å². The maximum Gasteiger partial charge on any atom is 0.191 e. The number of hydrogen-bond donors (Lipinski definition) is 2. The topological polar surface area (TPSA) is 89.0 Å². The molecule has 7 nitrogen and oxygen atoms in total. The number of sulfone groups is 1. The van der Waals surface area contributed by atoms with Gasteiger partial charge in [0, 0.05) is 45.7 Å². The van der Waals surface area contributed by atoms with Gasteiger partial charge in [-0.2, -0.15) is 0 Å². The van der Waals surface area contributed by atoms with E-state index >= 15 is 0 Å². The van der Waals surface area contributed by atoms with Gasteiger partial charge >= 0.3 is 0 Å². The van der Waals surface area contributed by atoms with Crippen LogP contribution in [0.1, 0.15) is 32.6 Å². The first-order valence-electron chi connectivity index (χ1n) is 8.25. The number of ether oxygens (including phenoxy) is 2. The fraction of sp³-hybridized carbons (Fsp3) is 0.933. The summed E-state index contributed by atoms with van der Waals surface area (Å²) in [6.07, 6.45) is 5.01. The monoisotopic (exact) mass is 349 g/mol. The van der Waals surface area contributed by atoms with Crippen LogP contribution in [-0.2, 0) is 19.3 Å². The minimum atomic E-state index is -2.92. The summed E-state index contributed by atoms with van der Waals surface area (Å²) in [5.74, 6) is 0.869. The second-order valence-corrected chi connectivity index (χ2v) is 8.26. The van der Waals surface area contributed by atoms with Crippen molar-refractivity contribution in [2.24, 2.45) is 4.99 Å². The van der Waals surface area contributed by atoms with Crippen LogP contribution in [0.15, 0.2) is 4.99 Å². The van der Waals surface area contributed by atoms with E-state index in [1.54, 1.807) is 7.05 Å². The molecule has 1 atom stereocenters. The average molecular weight is 349 g/mol. The zero-order valence-electron chi connectivity index (χ0n) is 14.5. The Bertz CT molecular complexity index is 448. The van der Waals surface area contributed by atoms with Crippen molar-refractivity contribution in [3.63, 3.8) is 0 Å². The van der Waals surface area contributed by atoms with Crippen LogP contribution >= 0.6 is 0 Å². The zero-order valence-corrected chi connectivity index (χ0v) is 15.3. The molecule has 0 aliphatic carbocycles. The first kappa shape index (κ1) is 20.2. The largest absolute Gasteiger partial charge is 0.381 e. The third-order valence-electron chi connectivity index (χ3n) is 3.66. The van der Waals surface area contributed by atoms with E-state index in [9.17, 15) is 8.42 Å². The highest BCUT2D eigenvalue weighted by Crippen LogP contribution is 2.10. The number of hydrogen-bond acceptors (Lipinski definition) is 5. The summed E-state index contributed by atoms with van der Waals surface area (Å²) < 4.78 is 33.4. The lowest BCUT2D eigenvalue weighted by atomic mass is 10.1. The minimum absolute atomic E-state index is 0.0504. The molecular weight excluding hydrogens is 318 g/mol. The van der Waals surface area contributed by atoms with E-state index < -0.39 is 9.84 Å². The molecule has 0 bridgehead atoms. The van der Waals surface area contributed by atoms with Gasteiger partial charge in [0.05, 0.1) is 11.9 Å². The fourth-order valence-electron chi connectivity index (χ4n) is 2.26. The van der Waals surface area contributed by atoms with Gasteiger partial charge in [0.2, 0.25) is 0 Å². The van der Waals surface area contributed by atoms with Gasteiger partial charge in [-0.05, 0) is 32.6 Å². The van der Waals surface area contributed by atoms with Gasteiger partial charge in [-0.1, -0.05) is 0 Å². The molecule has 23 heavy (non-hydrogen) atoms. The van der Waals surface area contributed by atoms with E-state index in [-0.39, 0.29) is 11.8 Å². The molecule has 1 saturated heterocycles. The molecule has 0 radical (unpaired) electrons. The summed E-state index contributed by atoms with van der Waals surface area (Å²) in [7, 11) is -1.22. The highest BCUT2D eigenvalue weighted by molar-refractivity contribution is 7.90. The van der Waals surface area contributed by atoms with Gasteiger partial charge in [-0.15, -0.1) is 0 Å². The summed E-state index contributed by atoms with van der Waals surface area (Å²) in [6.45, 7) is 5.03. The van der Waals surface area contributed by atoms with Crippen molar-refractivity contribution in [3.05, 3.63) is 0 Å². The Morgan fingerprint density at radius 2 is 2.09 bits per heavy atom. The number of rotatable bonds is 9. The third kappa shape index (κ3) is 10.5. The quantitative estimate of drug-likeness (QED) is 0.359. The normalized spacial score (nSPS) is 18.7. The molecule has 1 aliphatic rings. The molecule has 0 aromatic heterocycles. The molecule has 1 fully saturated rings. The Morgan fingerprint density at radius 3 is 2.70 bits per heavy atom. The predicted octanol–water partition coefficient (Wildman–Crippen LogP) is 0.560. The van der Waals surface area contributed by atoms with Crippen LogP contribution < -0.4 is 10.6 Å². The maximum absolute atomic E-state index is 11.2. The number of aliphatic imine (C=N–C) groups is 1. The van der Waals surface area contributed by atoms with Gasteiger partial charge in [0.25, 0.3) is 0 Å². The molecule has 8 heteroatoms. The summed E-state index contributed by atoms with van der Waals surface area (Å²) >= 11 is 0. The zero-order chi connectivity index (χ0) is 17.1. The van der Waals surface area contributed by atoms with Crippen LogP contribution in [-0.4, -0.2) is 71.9 Å². The summed E-state index contributed by atoms with van der Waals surface area (Å²) in [6, 6.07) is 0.0504.